The summed E-state index contributed by atoms with van der Waals surface area (Å²) < 4.78 is 6.90. The highest BCUT2D eigenvalue weighted by Crippen LogP contribution is 2.22. The molecule has 1 aliphatic rings. The van der Waals surface area contributed by atoms with E-state index in [-0.39, 0.29) is 17.7 Å². The molecule has 0 saturated carbocycles. The maximum absolute atomic E-state index is 12.4. The van der Waals surface area contributed by atoms with E-state index in [4.69, 9.17) is 16.3 Å². The SMILES string of the molecule is C[C@@H]1COCCN1c1cc(Cl)nc(-n2c(=O)[nH]c3ccccc32)n1. The lowest BCUT2D eigenvalue weighted by Gasteiger charge is -2.34. The van der Waals surface area contributed by atoms with Crippen LogP contribution in [-0.4, -0.2) is 45.3 Å². The van der Waals surface area contributed by atoms with E-state index in [9.17, 15) is 4.79 Å². The van der Waals surface area contributed by atoms with Crippen molar-refractivity contribution in [3.63, 3.8) is 0 Å². The number of nitrogens with one attached hydrogen (secondary N) is 1. The number of halogens is 1. The van der Waals surface area contributed by atoms with Gasteiger partial charge in [-0.2, -0.15) is 4.98 Å². The Hall–Kier alpha value is -2.38. The molecule has 3 heterocycles. The number of para-hydroxylation sites is 2. The molecule has 0 aliphatic carbocycles. The monoisotopic (exact) mass is 345 g/mol. The molecule has 0 bridgehead atoms. The third-order valence-electron chi connectivity index (χ3n) is 4.12. The summed E-state index contributed by atoms with van der Waals surface area (Å²) in [6.45, 7) is 4.04. The first-order valence-corrected chi connectivity index (χ1v) is 8.10. The van der Waals surface area contributed by atoms with E-state index in [2.05, 4.69) is 26.8 Å². The Balaban J connectivity index is 1.86. The molecule has 2 aromatic heterocycles. The normalized spacial score (nSPS) is 18.2. The van der Waals surface area contributed by atoms with Crippen molar-refractivity contribution in [3.05, 3.63) is 46.0 Å². The fraction of sp³-hybridized carbons (Fsp3) is 0.312. The van der Waals surface area contributed by atoms with Crippen LogP contribution in [0.2, 0.25) is 5.15 Å². The molecular weight excluding hydrogens is 330 g/mol. The average Bonchev–Trinajstić information content (AvgIpc) is 2.90. The number of nitrogens with zero attached hydrogens (tertiary/aromatic N) is 4. The summed E-state index contributed by atoms with van der Waals surface area (Å²) in [5.74, 6) is 0.955. The van der Waals surface area contributed by atoms with E-state index in [0.717, 1.165) is 12.1 Å². The van der Waals surface area contributed by atoms with Gasteiger partial charge >= 0.3 is 5.69 Å². The van der Waals surface area contributed by atoms with Crippen LogP contribution >= 0.6 is 11.6 Å². The predicted molar refractivity (Wildman–Crippen MR) is 92.1 cm³/mol. The van der Waals surface area contributed by atoms with Gasteiger partial charge in [-0.15, -0.1) is 0 Å². The van der Waals surface area contributed by atoms with Crippen molar-refractivity contribution in [2.75, 3.05) is 24.7 Å². The van der Waals surface area contributed by atoms with Gasteiger partial charge in [-0.05, 0) is 19.1 Å². The molecule has 4 rings (SSSR count). The summed E-state index contributed by atoms with van der Waals surface area (Å²) in [6.07, 6.45) is 0. The second-order valence-electron chi connectivity index (χ2n) is 5.75. The molecule has 3 aromatic rings. The highest BCUT2D eigenvalue weighted by molar-refractivity contribution is 6.29. The molecule has 1 aliphatic heterocycles. The molecule has 0 amide bonds. The molecule has 7 nitrogen and oxygen atoms in total. The number of imidazole rings is 1. The van der Waals surface area contributed by atoms with Crippen LogP contribution in [0.15, 0.2) is 35.1 Å². The largest absolute Gasteiger partial charge is 0.377 e. The molecule has 24 heavy (non-hydrogen) atoms. The molecule has 1 N–H and O–H groups in total. The van der Waals surface area contributed by atoms with E-state index >= 15 is 0 Å². The first-order valence-electron chi connectivity index (χ1n) is 7.72. The number of aromatic amines is 1. The van der Waals surface area contributed by atoms with Crippen molar-refractivity contribution in [2.45, 2.75) is 13.0 Å². The molecule has 8 heteroatoms. The lowest BCUT2D eigenvalue weighted by Crippen LogP contribution is -2.44. The molecule has 0 unspecified atom stereocenters. The number of morpholine rings is 1. The zero-order chi connectivity index (χ0) is 16.7. The summed E-state index contributed by atoms with van der Waals surface area (Å²) in [5.41, 5.74) is 1.15. The number of anilines is 1. The van der Waals surface area contributed by atoms with Crippen molar-refractivity contribution in [1.82, 2.24) is 19.5 Å². The molecule has 1 fully saturated rings. The van der Waals surface area contributed by atoms with E-state index in [1.165, 1.54) is 4.57 Å². The Morgan fingerprint density at radius 1 is 1.33 bits per heavy atom. The Kier molecular flexibility index (Phi) is 3.74. The Bertz CT molecular complexity index is 951. The van der Waals surface area contributed by atoms with Crippen molar-refractivity contribution in [3.8, 4) is 5.95 Å². The van der Waals surface area contributed by atoms with Crippen LogP contribution in [0.25, 0.3) is 17.0 Å². The predicted octanol–water partition coefficient (Wildman–Crippen LogP) is 1.99. The maximum atomic E-state index is 12.4. The summed E-state index contributed by atoms with van der Waals surface area (Å²) in [7, 11) is 0. The molecule has 0 radical (unpaired) electrons. The quantitative estimate of drug-likeness (QED) is 0.719. The van der Waals surface area contributed by atoms with Crippen LogP contribution in [0, 0.1) is 0 Å². The topological polar surface area (TPSA) is 76.0 Å². The Labute approximate surface area is 142 Å². The Morgan fingerprint density at radius 2 is 2.17 bits per heavy atom. The summed E-state index contributed by atoms with van der Waals surface area (Å²) >= 11 is 6.20. The van der Waals surface area contributed by atoms with Crippen LogP contribution in [-0.2, 0) is 4.74 Å². The smallest absolute Gasteiger partial charge is 0.333 e. The lowest BCUT2D eigenvalue weighted by molar-refractivity contribution is 0.0985. The highest BCUT2D eigenvalue weighted by Gasteiger charge is 2.22. The van der Waals surface area contributed by atoms with Crippen molar-refractivity contribution >= 4 is 28.5 Å². The standard InChI is InChI=1S/C16H16ClN5O2/c1-10-9-24-7-6-21(10)14-8-13(17)19-15(20-14)22-12-5-3-2-4-11(12)18-16(22)23/h2-5,8,10H,6-7,9H2,1H3,(H,18,23)/t10-/m1/s1. The van der Waals surface area contributed by atoms with E-state index < -0.39 is 0 Å². The number of ether oxygens (including phenoxy) is 1. The van der Waals surface area contributed by atoms with Gasteiger partial charge in [0.1, 0.15) is 11.0 Å². The minimum absolute atomic E-state index is 0.178. The minimum atomic E-state index is -0.292. The summed E-state index contributed by atoms with van der Waals surface area (Å²) in [6, 6.07) is 9.30. The van der Waals surface area contributed by atoms with E-state index in [1.807, 2.05) is 24.3 Å². The number of rotatable bonds is 2. The van der Waals surface area contributed by atoms with Crippen LogP contribution < -0.4 is 10.6 Å². The van der Waals surface area contributed by atoms with Crippen molar-refractivity contribution in [1.29, 1.82) is 0 Å². The van der Waals surface area contributed by atoms with Crippen LogP contribution in [0.5, 0.6) is 0 Å². The molecular formula is C16H16ClN5O2. The fourth-order valence-electron chi connectivity index (χ4n) is 2.96. The van der Waals surface area contributed by atoms with Gasteiger partial charge in [0.05, 0.1) is 30.3 Å². The molecule has 0 spiro atoms. The number of aromatic nitrogens is 4. The summed E-state index contributed by atoms with van der Waals surface area (Å²) in [4.78, 5) is 26.1. The van der Waals surface area contributed by atoms with Gasteiger partial charge in [0, 0.05) is 12.6 Å². The zero-order valence-electron chi connectivity index (χ0n) is 13.1. The van der Waals surface area contributed by atoms with Gasteiger partial charge in [-0.25, -0.2) is 14.3 Å². The number of benzene rings is 1. The fourth-order valence-corrected chi connectivity index (χ4v) is 3.14. The first-order chi connectivity index (χ1) is 11.6. The van der Waals surface area contributed by atoms with Gasteiger partial charge in [0.2, 0.25) is 5.95 Å². The van der Waals surface area contributed by atoms with Crippen LogP contribution in [0.4, 0.5) is 5.82 Å². The number of H-pyrrole nitrogens is 1. The molecule has 1 aromatic carbocycles. The molecule has 1 saturated heterocycles. The van der Waals surface area contributed by atoms with Crippen molar-refractivity contribution < 1.29 is 4.74 Å². The van der Waals surface area contributed by atoms with E-state index in [1.54, 1.807) is 6.07 Å². The average molecular weight is 346 g/mol. The van der Waals surface area contributed by atoms with Crippen LogP contribution in [0.1, 0.15) is 6.92 Å². The third-order valence-corrected chi connectivity index (χ3v) is 4.31. The minimum Gasteiger partial charge on any atom is -0.377 e. The van der Waals surface area contributed by atoms with Gasteiger partial charge in [0.15, 0.2) is 0 Å². The number of hydrogen-bond donors (Lipinski definition) is 1. The highest BCUT2D eigenvalue weighted by atomic mass is 35.5. The number of hydrogen-bond acceptors (Lipinski definition) is 5. The third kappa shape index (κ3) is 2.55. The van der Waals surface area contributed by atoms with Crippen LogP contribution in [0.3, 0.4) is 0 Å². The van der Waals surface area contributed by atoms with E-state index in [0.29, 0.717) is 29.7 Å². The second kappa shape index (κ2) is 5.92. The van der Waals surface area contributed by atoms with Gasteiger partial charge < -0.3 is 14.6 Å². The number of fused-ring (bicyclic) bond motifs is 1. The van der Waals surface area contributed by atoms with Gasteiger partial charge in [-0.3, -0.25) is 0 Å². The Morgan fingerprint density at radius 3 is 3.00 bits per heavy atom. The lowest BCUT2D eigenvalue weighted by atomic mass is 10.2. The molecule has 1 atom stereocenters. The van der Waals surface area contributed by atoms with Crippen molar-refractivity contribution in [2.24, 2.45) is 0 Å². The molecule has 124 valence electrons. The first kappa shape index (κ1) is 15.2. The van der Waals surface area contributed by atoms with Gasteiger partial charge in [-0.1, -0.05) is 23.7 Å². The second-order valence-corrected chi connectivity index (χ2v) is 6.14. The maximum Gasteiger partial charge on any atom is 0.333 e. The summed E-state index contributed by atoms with van der Waals surface area (Å²) in [5, 5.41) is 0.297. The van der Waals surface area contributed by atoms with Gasteiger partial charge in [0.25, 0.3) is 0 Å². The zero-order valence-corrected chi connectivity index (χ0v) is 13.8.